The summed E-state index contributed by atoms with van der Waals surface area (Å²) in [6.45, 7) is 1.71. The second-order valence-corrected chi connectivity index (χ2v) is 5.69. The summed E-state index contributed by atoms with van der Waals surface area (Å²) in [4.78, 5) is 22.9. The third kappa shape index (κ3) is 3.74. The first-order valence-corrected chi connectivity index (χ1v) is 7.84. The van der Waals surface area contributed by atoms with Gasteiger partial charge in [0.05, 0.1) is 4.92 Å². The zero-order valence-corrected chi connectivity index (χ0v) is 13.6. The molecule has 0 aliphatic carbocycles. The van der Waals surface area contributed by atoms with E-state index in [1.54, 1.807) is 19.1 Å². The molecule has 2 N–H and O–H groups in total. The summed E-state index contributed by atoms with van der Waals surface area (Å²) in [7, 11) is 0. The van der Waals surface area contributed by atoms with Gasteiger partial charge in [-0.25, -0.2) is 0 Å². The average Bonchev–Trinajstić information content (AvgIpc) is 2.61. The van der Waals surface area contributed by atoms with Gasteiger partial charge in [0.2, 0.25) is 5.91 Å². The lowest BCUT2D eigenvalue weighted by Crippen LogP contribution is -2.32. The number of carbonyl (C=O) groups excluding carboxylic acids is 1. The fourth-order valence-electron chi connectivity index (χ4n) is 2.57. The van der Waals surface area contributed by atoms with Crippen molar-refractivity contribution in [2.45, 2.75) is 13.0 Å². The van der Waals surface area contributed by atoms with Crippen LogP contribution in [0.3, 0.4) is 0 Å². The van der Waals surface area contributed by atoms with Crippen LogP contribution in [0.15, 0.2) is 66.7 Å². The van der Waals surface area contributed by atoms with Gasteiger partial charge in [-0.1, -0.05) is 42.5 Å². The number of para-hydroxylation sites is 2. The standard InChI is InChI=1S/C19H17N3O3/c1-13(19(23)21-17-8-4-5-9-18(17)22(24)25)20-16-11-10-14-6-2-3-7-15(14)12-16/h2-13,20H,1H3,(H,21,23)/t13-/m0/s1. The van der Waals surface area contributed by atoms with E-state index in [0.29, 0.717) is 0 Å². The van der Waals surface area contributed by atoms with E-state index in [1.807, 2.05) is 42.5 Å². The second-order valence-electron chi connectivity index (χ2n) is 5.69. The molecule has 0 fully saturated rings. The Morgan fingerprint density at radius 3 is 2.44 bits per heavy atom. The lowest BCUT2D eigenvalue weighted by atomic mass is 10.1. The fraction of sp³-hybridized carbons (Fsp3) is 0.105. The van der Waals surface area contributed by atoms with Crippen LogP contribution < -0.4 is 10.6 Å². The third-order valence-electron chi connectivity index (χ3n) is 3.88. The Balaban J connectivity index is 1.73. The van der Waals surface area contributed by atoms with Crippen molar-refractivity contribution >= 4 is 33.7 Å². The van der Waals surface area contributed by atoms with E-state index >= 15 is 0 Å². The average molecular weight is 335 g/mol. The number of hydrogen-bond acceptors (Lipinski definition) is 4. The monoisotopic (exact) mass is 335 g/mol. The van der Waals surface area contributed by atoms with Gasteiger partial charge in [0.25, 0.3) is 5.69 Å². The summed E-state index contributed by atoms with van der Waals surface area (Å²) in [5.41, 5.74) is 0.863. The molecule has 3 aromatic carbocycles. The maximum Gasteiger partial charge on any atom is 0.292 e. The Kier molecular flexibility index (Phi) is 4.61. The van der Waals surface area contributed by atoms with Gasteiger partial charge in [0.1, 0.15) is 11.7 Å². The Hall–Kier alpha value is -3.41. The Bertz CT molecular complexity index is 940. The highest BCUT2D eigenvalue weighted by Gasteiger charge is 2.18. The highest BCUT2D eigenvalue weighted by molar-refractivity contribution is 5.98. The van der Waals surface area contributed by atoms with E-state index in [4.69, 9.17) is 0 Å². The van der Waals surface area contributed by atoms with E-state index in [-0.39, 0.29) is 17.3 Å². The van der Waals surface area contributed by atoms with Gasteiger partial charge in [0, 0.05) is 11.8 Å². The van der Waals surface area contributed by atoms with E-state index in [1.165, 1.54) is 12.1 Å². The van der Waals surface area contributed by atoms with Crippen molar-refractivity contribution in [3.05, 3.63) is 76.8 Å². The number of amides is 1. The molecule has 3 aromatic rings. The van der Waals surface area contributed by atoms with Crippen LogP contribution >= 0.6 is 0 Å². The van der Waals surface area contributed by atoms with Crippen LogP contribution in [0, 0.1) is 10.1 Å². The van der Waals surface area contributed by atoms with E-state index in [0.717, 1.165) is 16.5 Å². The van der Waals surface area contributed by atoms with Gasteiger partial charge >= 0.3 is 0 Å². The fourth-order valence-corrected chi connectivity index (χ4v) is 2.57. The minimum atomic E-state index is -0.555. The molecule has 0 aromatic heterocycles. The summed E-state index contributed by atoms with van der Waals surface area (Å²) < 4.78 is 0. The molecule has 3 rings (SSSR count). The zero-order chi connectivity index (χ0) is 17.8. The molecule has 0 saturated heterocycles. The van der Waals surface area contributed by atoms with E-state index < -0.39 is 11.0 Å². The first kappa shape index (κ1) is 16.4. The SMILES string of the molecule is C[C@H](Nc1ccc2ccccc2c1)C(=O)Nc1ccccc1[N+](=O)[O-]. The number of nitro groups is 1. The Morgan fingerprint density at radius 1 is 1.00 bits per heavy atom. The molecule has 0 unspecified atom stereocenters. The van der Waals surface area contributed by atoms with E-state index in [9.17, 15) is 14.9 Å². The number of benzene rings is 3. The largest absolute Gasteiger partial charge is 0.374 e. The summed E-state index contributed by atoms with van der Waals surface area (Å²) in [5.74, 6) is -0.345. The number of anilines is 2. The van der Waals surface area contributed by atoms with Crippen molar-refractivity contribution in [3.63, 3.8) is 0 Å². The van der Waals surface area contributed by atoms with Crippen molar-refractivity contribution in [2.75, 3.05) is 10.6 Å². The molecule has 0 radical (unpaired) electrons. The van der Waals surface area contributed by atoms with Crippen LogP contribution in [-0.4, -0.2) is 16.9 Å². The predicted molar refractivity (Wildman–Crippen MR) is 98.8 cm³/mol. The summed E-state index contributed by atoms with van der Waals surface area (Å²) in [6, 6.07) is 19.3. The molecule has 25 heavy (non-hydrogen) atoms. The lowest BCUT2D eigenvalue weighted by Gasteiger charge is -2.16. The minimum absolute atomic E-state index is 0.131. The first-order valence-electron chi connectivity index (χ1n) is 7.84. The van der Waals surface area contributed by atoms with Crippen LogP contribution in [0.25, 0.3) is 10.8 Å². The normalized spacial score (nSPS) is 11.7. The molecule has 0 spiro atoms. The molecular weight excluding hydrogens is 318 g/mol. The van der Waals surface area contributed by atoms with Crippen LogP contribution in [-0.2, 0) is 4.79 Å². The van der Waals surface area contributed by atoms with Crippen molar-refractivity contribution in [2.24, 2.45) is 0 Å². The zero-order valence-electron chi connectivity index (χ0n) is 13.6. The molecule has 1 atom stereocenters. The van der Waals surface area contributed by atoms with Crippen molar-refractivity contribution in [1.29, 1.82) is 0 Å². The van der Waals surface area contributed by atoms with Gasteiger partial charge in [-0.15, -0.1) is 0 Å². The molecule has 0 heterocycles. The lowest BCUT2D eigenvalue weighted by molar-refractivity contribution is -0.383. The second kappa shape index (κ2) is 7.00. The predicted octanol–water partition coefficient (Wildman–Crippen LogP) is 4.19. The van der Waals surface area contributed by atoms with Gasteiger partial charge in [0.15, 0.2) is 0 Å². The summed E-state index contributed by atoms with van der Waals surface area (Å²) in [6.07, 6.45) is 0. The van der Waals surface area contributed by atoms with Gasteiger partial charge in [-0.2, -0.15) is 0 Å². The smallest absolute Gasteiger partial charge is 0.292 e. The number of nitro benzene ring substituents is 1. The number of fused-ring (bicyclic) bond motifs is 1. The third-order valence-corrected chi connectivity index (χ3v) is 3.88. The topological polar surface area (TPSA) is 84.3 Å². The van der Waals surface area contributed by atoms with Crippen LogP contribution in [0.4, 0.5) is 17.1 Å². The van der Waals surface area contributed by atoms with Crippen molar-refractivity contribution < 1.29 is 9.72 Å². The van der Waals surface area contributed by atoms with Crippen LogP contribution in [0.2, 0.25) is 0 Å². The van der Waals surface area contributed by atoms with Gasteiger partial charge in [-0.3, -0.25) is 14.9 Å². The number of carbonyl (C=O) groups is 1. The molecule has 0 bridgehead atoms. The summed E-state index contributed by atoms with van der Waals surface area (Å²) in [5, 5.41) is 18.9. The number of hydrogen-bond donors (Lipinski definition) is 2. The number of nitrogens with one attached hydrogen (secondary N) is 2. The van der Waals surface area contributed by atoms with Crippen molar-refractivity contribution in [1.82, 2.24) is 0 Å². The Labute approximate surface area is 144 Å². The Morgan fingerprint density at radius 2 is 1.68 bits per heavy atom. The molecule has 6 nitrogen and oxygen atoms in total. The highest BCUT2D eigenvalue weighted by Crippen LogP contribution is 2.24. The molecule has 0 aliphatic heterocycles. The molecule has 0 aliphatic rings. The molecule has 6 heteroatoms. The van der Waals surface area contributed by atoms with Gasteiger partial charge < -0.3 is 10.6 Å². The van der Waals surface area contributed by atoms with Crippen molar-refractivity contribution in [3.8, 4) is 0 Å². The van der Waals surface area contributed by atoms with Crippen LogP contribution in [0.1, 0.15) is 6.92 Å². The highest BCUT2D eigenvalue weighted by atomic mass is 16.6. The number of rotatable bonds is 5. The maximum atomic E-state index is 12.4. The first-order chi connectivity index (χ1) is 12.0. The van der Waals surface area contributed by atoms with Gasteiger partial charge in [-0.05, 0) is 35.9 Å². The summed E-state index contributed by atoms with van der Waals surface area (Å²) >= 11 is 0. The molecule has 0 saturated carbocycles. The van der Waals surface area contributed by atoms with E-state index in [2.05, 4.69) is 10.6 Å². The van der Waals surface area contributed by atoms with Crippen LogP contribution in [0.5, 0.6) is 0 Å². The minimum Gasteiger partial charge on any atom is -0.374 e. The molecule has 1 amide bonds. The molecular formula is C19H17N3O3. The quantitative estimate of drug-likeness (QED) is 0.541. The number of nitrogens with zero attached hydrogens (tertiary/aromatic N) is 1. The maximum absolute atomic E-state index is 12.4. The molecule has 126 valence electrons.